The van der Waals surface area contributed by atoms with E-state index in [9.17, 15) is 15.0 Å². The van der Waals surface area contributed by atoms with Crippen LogP contribution in [0.3, 0.4) is 0 Å². The summed E-state index contributed by atoms with van der Waals surface area (Å²) < 4.78 is 5.03. The summed E-state index contributed by atoms with van der Waals surface area (Å²) in [5, 5.41) is 20.0. The van der Waals surface area contributed by atoms with Crippen LogP contribution in [0, 0.1) is 0 Å². The molecule has 116 valence electrons. The zero-order valence-corrected chi connectivity index (χ0v) is 12.3. The second-order valence-electron chi connectivity index (χ2n) is 4.89. The van der Waals surface area contributed by atoms with Gasteiger partial charge in [-0.15, -0.1) is 0 Å². The first-order valence-corrected chi connectivity index (χ1v) is 6.84. The molecule has 2 aromatic heterocycles. The van der Waals surface area contributed by atoms with Crippen molar-refractivity contribution in [3.63, 3.8) is 0 Å². The number of rotatable bonds is 4. The highest BCUT2D eigenvalue weighted by atomic mass is 16.5. The quantitative estimate of drug-likeness (QED) is 0.644. The fourth-order valence-corrected chi connectivity index (χ4v) is 2.37. The van der Waals surface area contributed by atoms with Crippen LogP contribution in [0.2, 0.25) is 0 Å². The van der Waals surface area contributed by atoms with E-state index in [1.807, 2.05) is 6.07 Å². The van der Waals surface area contributed by atoms with Crippen LogP contribution in [-0.4, -0.2) is 33.3 Å². The van der Waals surface area contributed by atoms with Gasteiger partial charge in [-0.3, -0.25) is 0 Å². The number of nitrogens with one attached hydrogen (secondary N) is 1. The summed E-state index contributed by atoms with van der Waals surface area (Å²) in [6, 6.07) is 8.08. The lowest BCUT2D eigenvalue weighted by Gasteiger charge is -2.07. The van der Waals surface area contributed by atoms with Crippen molar-refractivity contribution in [1.82, 2.24) is 9.97 Å². The van der Waals surface area contributed by atoms with Crippen LogP contribution in [0.5, 0.6) is 11.5 Å². The number of aromatic hydroxyl groups is 1. The first-order chi connectivity index (χ1) is 11.1. The highest BCUT2D eigenvalue weighted by Gasteiger charge is 2.14. The molecule has 0 saturated carbocycles. The van der Waals surface area contributed by atoms with E-state index in [0.29, 0.717) is 11.2 Å². The zero-order chi connectivity index (χ0) is 16.4. The number of fused-ring (bicyclic) bond motifs is 1. The lowest BCUT2D eigenvalue weighted by molar-refractivity contribution is -0.130. The standard InChI is InChI=1S/C17H14N2O4/c1-23-15-8-10(4-5-14(15)20)13(17(21)22)7-11-9-19-16-12(11)3-2-6-18-16/h2-9,20H,1H3,(H,18,19)(H,21,22). The number of H-pyrrole nitrogens is 1. The molecule has 0 fully saturated rings. The van der Waals surface area contributed by atoms with Crippen LogP contribution >= 0.6 is 0 Å². The number of hydrogen-bond donors (Lipinski definition) is 3. The number of aromatic amines is 1. The number of carboxylic acids is 1. The Kier molecular flexibility index (Phi) is 3.72. The predicted molar refractivity (Wildman–Crippen MR) is 86.3 cm³/mol. The summed E-state index contributed by atoms with van der Waals surface area (Å²) in [5.41, 5.74) is 1.93. The van der Waals surface area contributed by atoms with Crippen LogP contribution in [0.15, 0.2) is 42.7 Å². The molecule has 3 N–H and O–H groups in total. The van der Waals surface area contributed by atoms with Gasteiger partial charge in [0, 0.05) is 23.3 Å². The topological polar surface area (TPSA) is 95.4 Å². The average molecular weight is 310 g/mol. The van der Waals surface area contributed by atoms with E-state index in [1.165, 1.54) is 25.3 Å². The van der Waals surface area contributed by atoms with E-state index >= 15 is 0 Å². The number of carbonyl (C=O) groups is 1. The molecule has 0 bridgehead atoms. The molecule has 0 aliphatic heterocycles. The molecule has 0 amide bonds. The Morgan fingerprint density at radius 3 is 2.91 bits per heavy atom. The van der Waals surface area contributed by atoms with Crippen molar-refractivity contribution in [2.75, 3.05) is 7.11 Å². The minimum Gasteiger partial charge on any atom is -0.504 e. The first-order valence-electron chi connectivity index (χ1n) is 6.84. The minimum absolute atomic E-state index is 0.0442. The van der Waals surface area contributed by atoms with Gasteiger partial charge in [0.1, 0.15) is 5.65 Å². The van der Waals surface area contributed by atoms with Gasteiger partial charge in [-0.25, -0.2) is 9.78 Å². The van der Waals surface area contributed by atoms with Gasteiger partial charge in [-0.1, -0.05) is 6.07 Å². The van der Waals surface area contributed by atoms with Crippen molar-refractivity contribution in [3.8, 4) is 11.5 Å². The van der Waals surface area contributed by atoms with Gasteiger partial charge in [0.2, 0.25) is 0 Å². The fraction of sp³-hybridized carbons (Fsp3) is 0.0588. The number of nitrogens with zero attached hydrogens (tertiary/aromatic N) is 1. The number of ether oxygens (including phenoxy) is 1. The van der Waals surface area contributed by atoms with Crippen molar-refractivity contribution >= 4 is 28.7 Å². The summed E-state index contributed by atoms with van der Waals surface area (Å²) in [7, 11) is 1.41. The van der Waals surface area contributed by atoms with Crippen LogP contribution in [0.4, 0.5) is 0 Å². The molecular weight excluding hydrogens is 296 g/mol. The summed E-state index contributed by atoms with van der Waals surface area (Å²) in [4.78, 5) is 18.8. The number of hydrogen-bond acceptors (Lipinski definition) is 4. The maximum absolute atomic E-state index is 11.6. The largest absolute Gasteiger partial charge is 0.504 e. The van der Waals surface area contributed by atoms with E-state index in [0.717, 1.165) is 10.9 Å². The van der Waals surface area contributed by atoms with Gasteiger partial charge in [-0.2, -0.15) is 0 Å². The van der Waals surface area contributed by atoms with E-state index in [-0.39, 0.29) is 17.1 Å². The Labute approximate surface area is 131 Å². The monoisotopic (exact) mass is 310 g/mol. The van der Waals surface area contributed by atoms with Gasteiger partial charge in [0.25, 0.3) is 0 Å². The third kappa shape index (κ3) is 2.74. The molecule has 6 nitrogen and oxygen atoms in total. The Morgan fingerprint density at radius 2 is 2.17 bits per heavy atom. The van der Waals surface area contributed by atoms with Crippen molar-refractivity contribution in [2.24, 2.45) is 0 Å². The average Bonchev–Trinajstić information content (AvgIpc) is 2.96. The number of phenolic OH excluding ortho intramolecular Hbond substituents is 1. The molecule has 0 aliphatic rings. The van der Waals surface area contributed by atoms with E-state index in [4.69, 9.17) is 4.74 Å². The molecule has 3 rings (SSSR count). The van der Waals surface area contributed by atoms with Crippen molar-refractivity contribution in [2.45, 2.75) is 0 Å². The van der Waals surface area contributed by atoms with Crippen molar-refractivity contribution in [3.05, 3.63) is 53.9 Å². The number of phenols is 1. The molecule has 0 saturated heterocycles. The normalized spacial score (nSPS) is 11.6. The van der Waals surface area contributed by atoms with E-state index < -0.39 is 5.97 Å². The van der Waals surface area contributed by atoms with E-state index in [2.05, 4.69) is 9.97 Å². The maximum atomic E-state index is 11.6. The number of pyridine rings is 1. The number of aromatic nitrogens is 2. The molecule has 0 unspecified atom stereocenters. The van der Waals surface area contributed by atoms with Gasteiger partial charge < -0.3 is 19.9 Å². The molecule has 0 atom stereocenters. The van der Waals surface area contributed by atoms with Crippen LogP contribution in [0.1, 0.15) is 11.1 Å². The number of aliphatic carboxylic acids is 1. The Bertz CT molecular complexity index is 912. The highest BCUT2D eigenvalue weighted by Crippen LogP contribution is 2.31. The number of benzene rings is 1. The lowest BCUT2D eigenvalue weighted by atomic mass is 10.0. The molecule has 0 radical (unpaired) electrons. The van der Waals surface area contributed by atoms with Crippen molar-refractivity contribution in [1.29, 1.82) is 0 Å². The van der Waals surface area contributed by atoms with Crippen molar-refractivity contribution < 1.29 is 19.7 Å². The van der Waals surface area contributed by atoms with Crippen LogP contribution in [-0.2, 0) is 4.79 Å². The Morgan fingerprint density at radius 1 is 1.35 bits per heavy atom. The Hall–Kier alpha value is -3.28. The molecule has 3 aromatic rings. The molecule has 0 spiro atoms. The molecule has 0 aliphatic carbocycles. The molecule has 2 heterocycles. The summed E-state index contributed by atoms with van der Waals surface area (Å²) in [5.74, 6) is -0.900. The highest BCUT2D eigenvalue weighted by molar-refractivity contribution is 6.21. The number of methoxy groups -OCH3 is 1. The second-order valence-corrected chi connectivity index (χ2v) is 4.89. The SMILES string of the molecule is COc1cc(C(=Cc2c[nH]c3ncccc23)C(=O)O)ccc1O. The Balaban J connectivity index is 2.14. The lowest BCUT2D eigenvalue weighted by Crippen LogP contribution is -2.00. The third-order valence-electron chi connectivity index (χ3n) is 3.50. The van der Waals surface area contributed by atoms with Gasteiger partial charge in [0.05, 0.1) is 12.7 Å². The molecule has 1 aromatic carbocycles. The summed E-state index contributed by atoms with van der Waals surface area (Å²) in [6.07, 6.45) is 4.93. The third-order valence-corrected chi connectivity index (χ3v) is 3.50. The van der Waals surface area contributed by atoms with Crippen LogP contribution < -0.4 is 4.74 Å². The summed E-state index contributed by atoms with van der Waals surface area (Å²) in [6.45, 7) is 0. The zero-order valence-electron chi connectivity index (χ0n) is 12.3. The minimum atomic E-state index is -1.07. The molecule has 6 heteroatoms. The van der Waals surface area contributed by atoms with Gasteiger partial charge >= 0.3 is 5.97 Å². The van der Waals surface area contributed by atoms with Crippen LogP contribution in [0.25, 0.3) is 22.7 Å². The number of carboxylic acid groups (broad SMARTS) is 1. The van der Waals surface area contributed by atoms with Gasteiger partial charge in [0.15, 0.2) is 11.5 Å². The molecular formula is C17H14N2O4. The maximum Gasteiger partial charge on any atom is 0.336 e. The van der Waals surface area contributed by atoms with E-state index in [1.54, 1.807) is 24.5 Å². The predicted octanol–water partition coefficient (Wildman–Crippen LogP) is 2.90. The molecule has 23 heavy (non-hydrogen) atoms. The smallest absolute Gasteiger partial charge is 0.336 e. The second kappa shape index (κ2) is 5.84. The fourth-order valence-electron chi connectivity index (χ4n) is 2.37. The summed E-state index contributed by atoms with van der Waals surface area (Å²) >= 11 is 0. The first kappa shape index (κ1) is 14.6. The van der Waals surface area contributed by atoms with Gasteiger partial charge in [-0.05, 0) is 35.9 Å².